The lowest BCUT2D eigenvalue weighted by atomic mass is 10.1. The number of hydrogen-bond donors (Lipinski definition) is 0. The molecule has 2 fully saturated rings. The number of halogens is 3. The van der Waals surface area contributed by atoms with Crippen molar-refractivity contribution < 1.29 is 18.0 Å². The average Bonchev–Trinajstić information content (AvgIpc) is 3.40. The van der Waals surface area contributed by atoms with Gasteiger partial charge in [0.25, 0.3) is 5.91 Å². The number of rotatable bonds is 6. The largest absolute Gasteiger partial charge is 0.416 e. The van der Waals surface area contributed by atoms with Crippen molar-refractivity contribution in [3.8, 4) is 5.69 Å². The molecule has 1 aliphatic carbocycles. The van der Waals surface area contributed by atoms with Crippen LogP contribution in [0.4, 0.5) is 13.2 Å². The Morgan fingerprint density at radius 2 is 1.94 bits per heavy atom. The molecule has 1 amide bonds. The summed E-state index contributed by atoms with van der Waals surface area (Å²) >= 11 is 1.68. The Morgan fingerprint density at radius 1 is 1.18 bits per heavy atom. The molecule has 0 bridgehead atoms. The highest BCUT2D eigenvalue weighted by Gasteiger charge is 2.36. The zero-order valence-electron chi connectivity index (χ0n) is 18.9. The van der Waals surface area contributed by atoms with Gasteiger partial charge in [-0.25, -0.2) is 9.67 Å². The molecule has 1 aliphatic heterocycles. The second-order valence-electron chi connectivity index (χ2n) is 8.83. The van der Waals surface area contributed by atoms with Crippen LogP contribution in [0.3, 0.4) is 0 Å². The third kappa shape index (κ3) is 4.74. The van der Waals surface area contributed by atoms with Gasteiger partial charge in [-0.15, -0.1) is 11.3 Å². The molecule has 0 spiro atoms. The van der Waals surface area contributed by atoms with Crippen LogP contribution in [-0.4, -0.2) is 56.7 Å². The van der Waals surface area contributed by atoms with E-state index in [1.165, 1.54) is 16.9 Å². The zero-order chi connectivity index (χ0) is 23.9. The van der Waals surface area contributed by atoms with Gasteiger partial charge < -0.3 is 4.90 Å². The van der Waals surface area contributed by atoms with Gasteiger partial charge in [-0.1, -0.05) is 13.0 Å². The monoisotopic (exact) mass is 489 g/mol. The van der Waals surface area contributed by atoms with Crippen molar-refractivity contribution in [1.29, 1.82) is 0 Å². The van der Waals surface area contributed by atoms with Crippen molar-refractivity contribution in [2.75, 3.05) is 26.2 Å². The summed E-state index contributed by atoms with van der Waals surface area (Å²) < 4.78 is 41.2. The van der Waals surface area contributed by atoms with Crippen molar-refractivity contribution in [3.63, 3.8) is 0 Å². The SMILES string of the molecule is CCc1nc(CN2CCN(C(=O)c3cnn(-c4cccc(C(F)(F)F)c4)c3C3CC3)CC2)cs1. The fourth-order valence-electron chi connectivity index (χ4n) is 4.38. The summed E-state index contributed by atoms with van der Waals surface area (Å²) in [6.07, 6.45) is -0.162. The van der Waals surface area contributed by atoms with Gasteiger partial charge in [0, 0.05) is 44.0 Å². The van der Waals surface area contributed by atoms with Crippen molar-refractivity contribution in [2.45, 2.75) is 44.8 Å². The first-order chi connectivity index (χ1) is 16.3. The van der Waals surface area contributed by atoms with Crippen LogP contribution in [-0.2, 0) is 19.1 Å². The molecule has 1 saturated carbocycles. The van der Waals surface area contributed by atoms with Crippen LogP contribution in [0, 0.1) is 0 Å². The highest BCUT2D eigenvalue weighted by molar-refractivity contribution is 7.09. The average molecular weight is 490 g/mol. The molecular formula is C24H26F3N5OS. The highest BCUT2D eigenvalue weighted by Crippen LogP contribution is 2.43. The van der Waals surface area contributed by atoms with E-state index in [-0.39, 0.29) is 11.8 Å². The minimum absolute atomic E-state index is 0.0956. The van der Waals surface area contributed by atoms with Crippen LogP contribution in [0.2, 0.25) is 0 Å². The van der Waals surface area contributed by atoms with Crippen molar-refractivity contribution >= 4 is 17.2 Å². The highest BCUT2D eigenvalue weighted by atomic mass is 32.1. The Morgan fingerprint density at radius 3 is 2.59 bits per heavy atom. The maximum absolute atomic E-state index is 13.4. The normalized spacial score (nSPS) is 17.4. The van der Waals surface area contributed by atoms with Crippen LogP contribution in [0.15, 0.2) is 35.8 Å². The number of carbonyl (C=O) groups is 1. The Hall–Kier alpha value is -2.72. The maximum Gasteiger partial charge on any atom is 0.416 e. The van der Waals surface area contributed by atoms with Crippen LogP contribution in [0.1, 0.15) is 58.0 Å². The standard InChI is InChI=1S/C24H26F3N5OS/c1-2-21-29-18(15-34-21)14-30-8-10-31(11-9-30)23(33)20-13-28-32(22(20)16-6-7-16)19-5-3-4-17(12-19)24(25,26)27/h3-5,12-13,15-16H,2,6-11,14H2,1H3. The third-order valence-corrected chi connectivity index (χ3v) is 7.41. The smallest absolute Gasteiger partial charge is 0.336 e. The van der Waals surface area contributed by atoms with E-state index in [9.17, 15) is 18.0 Å². The fourth-order valence-corrected chi connectivity index (χ4v) is 5.12. The Labute approximate surface area is 200 Å². The van der Waals surface area contributed by atoms with Gasteiger partial charge in [0.2, 0.25) is 0 Å². The molecule has 5 rings (SSSR count). The van der Waals surface area contributed by atoms with Crippen LogP contribution in [0.5, 0.6) is 0 Å². The van der Waals surface area contributed by atoms with E-state index in [4.69, 9.17) is 0 Å². The van der Waals surface area contributed by atoms with E-state index in [0.717, 1.165) is 67.4 Å². The number of nitrogens with zero attached hydrogens (tertiary/aromatic N) is 5. The second-order valence-corrected chi connectivity index (χ2v) is 9.77. The van der Waals surface area contributed by atoms with Crippen LogP contribution in [0.25, 0.3) is 5.69 Å². The Bertz CT molecular complexity index is 1180. The van der Waals surface area contributed by atoms with Crippen LogP contribution >= 0.6 is 11.3 Å². The van der Waals surface area contributed by atoms with E-state index in [0.29, 0.717) is 24.3 Å². The molecule has 1 saturated heterocycles. The summed E-state index contributed by atoms with van der Waals surface area (Å²) in [6.45, 7) is 5.58. The first-order valence-corrected chi connectivity index (χ1v) is 12.4. The first-order valence-electron chi connectivity index (χ1n) is 11.5. The van der Waals surface area contributed by atoms with Crippen molar-refractivity contribution in [1.82, 2.24) is 24.6 Å². The van der Waals surface area contributed by atoms with Gasteiger partial charge in [-0.2, -0.15) is 18.3 Å². The lowest BCUT2D eigenvalue weighted by Crippen LogP contribution is -2.48. The van der Waals surface area contributed by atoms with E-state index in [1.807, 2.05) is 4.90 Å². The molecule has 2 aliphatic rings. The van der Waals surface area contributed by atoms with Gasteiger partial charge in [-0.3, -0.25) is 9.69 Å². The number of benzene rings is 1. The van der Waals surface area contributed by atoms with E-state index < -0.39 is 11.7 Å². The molecule has 0 atom stereocenters. The second kappa shape index (κ2) is 9.14. The predicted octanol–water partition coefficient (Wildman–Crippen LogP) is 4.75. The van der Waals surface area contributed by atoms with Gasteiger partial charge in [0.05, 0.1) is 39.4 Å². The van der Waals surface area contributed by atoms with Gasteiger partial charge in [-0.05, 0) is 37.5 Å². The zero-order valence-corrected chi connectivity index (χ0v) is 19.7. The summed E-state index contributed by atoms with van der Waals surface area (Å²) in [5.41, 5.74) is 1.90. The molecule has 34 heavy (non-hydrogen) atoms. The molecule has 1 aromatic carbocycles. The minimum Gasteiger partial charge on any atom is -0.336 e. The molecular weight excluding hydrogens is 463 g/mol. The van der Waals surface area contributed by atoms with E-state index in [1.54, 1.807) is 17.4 Å². The number of thiazole rings is 1. The molecule has 6 nitrogen and oxygen atoms in total. The molecule has 180 valence electrons. The van der Waals surface area contributed by atoms with E-state index >= 15 is 0 Å². The summed E-state index contributed by atoms with van der Waals surface area (Å²) in [4.78, 5) is 22.1. The number of amides is 1. The number of alkyl halides is 3. The van der Waals surface area contributed by atoms with Crippen molar-refractivity contribution in [3.05, 3.63) is 63.4 Å². The summed E-state index contributed by atoms with van der Waals surface area (Å²) in [5.74, 6) is 0.0522. The van der Waals surface area contributed by atoms with Gasteiger partial charge >= 0.3 is 6.18 Å². The van der Waals surface area contributed by atoms with Gasteiger partial charge in [0.1, 0.15) is 0 Å². The number of hydrogen-bond acceptors (Lipinski definition) is 5. The quantitative estimate of drug-likeness (QED) is 0.502. The third-order valence-electron chi connectivity index (χ3n) is 6.37. The molecule has 0 radical (unpaired) electrons. The number of carbonyl (C=O) groups excluding carboxylic acids is 1. The molecule has 2 aromatic heterocycles. The summed E-state index contributed by atoms with van der Waals surface area (Å²) in [7, 11) is 0. The van der Waals surface area contributed by atoms with E-state index in [2.05, 4.69) is 27.3 Å². The topological polar surface area (TPSA) is 54.3 Å². The molecule has 0 unspecified atom stereocenters. The first kappa shape index (κ1) is 23.0. The Balaban J connectivity index is 1.31. The Kier molecular flexibility index (Phi) is 6.20. The number of piperazine rings is 1. The number of aryl methyl sites for hydroxylation is 1. The maximum atomic E-state index is 13.4. The van der Waals surface area contributed by atoms with Crippen LogP contribution < -0.4 is 0 Å². The molecule has 3 heterocycles. The fraction of sp³-hybridized carbons (Fsp3) is 0.458. The predicted molar refractivity (Wildman–Crippen MR) is 123 cm³/mol. The lowest BCUT2D eigenvalue weighted by Gasteiger charge is -2.34. The molecule has 0 N–H and O–H groups in total. The summed E-state index contributed by atoms with van der Waals surface area (Å²) in [5, 5.41) is 7.58. The minimum atomic E-state index is -4.43. The summed E-state index contributed by atoms with van der Waals surface area (Å²) in [6, 6.07) is 5.12. The number of aromatic nitrogens is 3. The molecule has 10 heteroatoms. The van der Waals surface area contributed by atoms with Gasteiger partial charge in [0.15, 0.2) is 0 Å². The van der Waals surface area contributed by atoms with Crippen molar-refractivity contribution in [2.24, 2.45) is 0 Å². The molecule has 3 aromatic rings. The lowest BCUT2D eigenvalue weighted by molar-refractivity contribution is -0.137.